The van der Waals surface area contributed by atoms with Crippen LogP contribution in [0, 0.1) is 0 Å². The molecule has 0 bridgehead atoms. The molecular weight excluding hydrogens is 344 g/mol. The van der Waals surface area contributed by atoms with Crippen molar-refractivity contribution in [2.45, 2.75) is 0 Å². The summed E-state index contributed by atoms with van der Waals surface area (Å²) in [5, 5.41) is 0. The number of benzene rings is 4. The lowest BCUT2D eigenvalue weighted by Crippen LogP contribution is -1.84. The SMILES string of the molecule is COc1ccc(-c2ccc(-c3ccc(-c4ccc(OC)cc4)cc3)cc2)cc1. The van der Waals surface area contributed by atoms with Crippen molar-refractivity contribution in [1.82, 2.24) is 0 Å². The number of hydrogen-bond acceptors (Lipinski definition) is 2. The van der Waals surface area contributed by atoms with Gasteiger partial charge in [0.2, 0.25) is 0 Å². The molecule has 0 aromatic heterocycles. The van der Waals surface area contributed by atoms with E-state index in [1.54, 1.807) is 14.2 Å². The minimum Gasteiger partial charge on any atom is -0.497 e. The molecule has 0 aliphatic carbocycles. The van der Waals surface area contributed by atoms with Gasteiger partial charge in [0.05, 0.1) is 14.2 Å². The average molecular weight is 366 g/mol. The van der Waals surface area contributed by atoms with Gasteiger partial charge in [0.1, 0.15) is 11.5 Å². The standard InChI is InChI=1S/C26H22O2/c1-27-25-15-11-23(12-16-25)21-7-3-19(4-8-21)20-5-9-22(10-6-20)24-13-17-26(28-2)18-14-24/h3-18H,1-2H3. The Bertz CT molecular complexity index is 941. The van der Waals surface area contributed by atoms with Crippen LogP contribution >= 0.6 is 0 Å². The van der Waals surface area contributed by atoms with Crippen molar-refractivity contribution in [1.29, 1.82) is 0 Å². The summed E-state index contributed by atoms with van der Waals surface area (Å²) in [4.78, 5) is 0. The van der Waals surface area contributed by atoms with Crippen LogP contribution in [0.3, 0.4) is 0 Å². The first-order valence-corrected chi connectivity index (χ1v) is 9.26. The van der Waals surface area contributed by atoms with E-state index < -0.39 is 0 Å². The van der Waals surface area contributed by atoms with Gasteiger partial charge in [-0.2, -0.15) is 0 Å². The van der Waals surface area contributed by atoms with Crippen molar-refractivity contribution >= 4 is 0 Å². The van der Waals surface area contributed by atoms with Gasteiger partial charge in [0, 0.05) is 0 Å². The molecular formula is C26H22O2. The van der Waals surface area contributed by atoms with Gasteiger partial charge in [-0.25, -0.2) is 0 Å². The highest BCUT2D eigenvalue weighted by Crippen LogP contribution is 2.28. The van der Waals surface area contributed by atoms with Crippen molar-refractivity contribution in [3.05, 3.63) is 97.1 Å². The molecule has 0 heterocycles. The van der Waals surface area contributed by atoms with Gasteiger partial charge in [-0.05, 0) is 57.6 Å². The molecule has 0 unspecified atom stereocenters. The third kappa shape index (κ3) is 3.77. The maximum Gasteiger partial charge on any atom is 0.118 e. The molecule has 0 saturated heterocycles. The minimum atomic E-state index is 0.873. The smallest absolute Gasteiger partial charge is 0.118 e. The maximum atomic E-state index is 5.23. The van der Waals surface area contributed by atoms with Gasteiger partial charge in [0.25, 0.3) is 0 Å². The summed E-state index contributed by atoms with van der Waals surface area (Å²) >= 11 is 0. The molecule has 0 radical (unpaired) electrons. The number of rotatable bonds is 5. The van der Waals surface area contributed by atoms with Crippen LogP contribution in [0.2, 0.25) is 0 Å². The molecule has 138 valence electrons. The van der Waals surface area contributed by atoms with Crippen molar-refractivity contribution in [2.75, 3.05) is 14.2 Å². The quantitative estimate of drug-likeness (QED) is 0.391. The summed E-state index contributed by atoms with van der Waals surface area (Å²) in [6.45, 7) is 0. The molecule has 0 atom stereocenters. The highest BCUT2D eigenvalue weighted by atomic mass is 16.5. The third-order valence-electron chi connectivity index (χ3n) is 4.95. The largest absolute Gasteiger partial charge is 0.497 e. The van der Waals surface area contributed by atoms with E-state index in [2.05, 4.69) is 72.8 Å². The molecule has 0 amide bonds. The average Bonchev–Trinajstić information content (AvgIpc) is 2.79. The molecule has 28 heavy (non-hydrogen) atoms. The van der Waals surface area contributed by atoms with Crippen LogP contribution in [0.5, 0.6) is 11.5 Å². The number of ether oxygens (including phenoxy) is 2. The van der Waals surface area contributed by atoms with Gasteiger partial charge >= 0.3 is 0 Å². The van der Waals surface area contributed by atoms with E-state index in [1.165, 1.54) is 33.4 Å². The molecule has 4 aromatic carbocycles. The van der Waals surface area contributed by atoms with Gasteiger partial charge in [-0.15, -0.1) is 0 Å². The summed E-state index contributed by atoms with van der Waals surface area (Å²) in [5.41, 5.74) is 7.17. The summed E-state index contributed by atoms with van der Waals surface area (Å²) in [6.07, 6.45) is 0. The second-order valence-electron chi connectivity index (χ2n) is 6.61. The molecule has 0 saturated carbocycles. The Balaban J connectivity index is 1.53. The topological polar surface area (TPSA) is 18.5 Å². The summed E-state index contributed by atoms with van der Waals surface area (Å²) < 4.78 is 10.5. The van der Waals surface area contributed by atoms with Crippen LogP contribution in [-0.2, 0) is 0 Å². The van der Waals surface area contributed by atoms with E-state index in [0.29, 0.717) is 0 Å². The lowest BCUT2D eigenvalue weighted by atomic mass is 9.98. The molecule has 2 heteroatoms. The normalized spacial score (nSPS) is 10.5. The van der Waals surface area contributed by atoms with E-state index in [4.69, 9.17) is 9.47 Å². The Hall–Kier alpha value is -3.52. The fraction of sp³-hybridized carbons (Fsp3) is 0.0769. The highest BCUT2D eigenvalue weighted by molar-refractivity contribution is 5.73. The molecule has 4 rings (SSSR count). The Morgan fingerprint density at radius 1 is 0.321 bits per heavy atom. The third-order valence-corrected chi connectivity index (χ3v) is 4.95. The Labute approximate surface area is 166 Å². The lowest BCUT2D eigenvalue weighted by molar-refractivity contribution is 0.415. The summed E-state index contributed by atoms with van der Waals surface area (Å²) in [6, 6.07) is 33.6. The molecule has 0 fully saturated rings. The molecule has 0 aliphatic rings. The Morgan fingerprint density at radius 2 is 0.500 bits per heavy atom. The Morgan fingerprint density at radius 3 is 0.679 bits per heavy atom. The Kier molecular flexibility index (Phi) is 5.11. The van der Waals surface area contributed by atoms with Crippen LogP contribution in [0.15, 0.2) is 97.1 Å². The summed E-state index contributed by atoms with van der Waals surface area (Å²) in [5.74, 6) is 1.75. The predicted octanol–water partition coefficient (Wildman–Crippen LogP) is 6.70. The van der Waals surface area contributed by atoms with Crippen molar-refractivity contribution in [3.63, 3.8) is 0 Å². The zero-order chi connectivity index (χ0) is 19.3. The minimum absolute atomic E-state index is 0.873. The summed E-state index contributed by atoms with van der Waals surface area (Å²) in [7, 11) is 3.37. The van der Waals surface area contributed by atoms with Gasteiger partial charge in [0.15, 0.2) is 0 Å². The maximum absolute atomic E-state index is 5.23. The first-order chi connectivity index (χ1) is 13.8. The predicted molar refractivity (Wildman–Crippen MR) is 116 cm³/mol. The van der Waals surface area contributed by atoms with Crippen LogP contribution < -0.4 is 9.47 Å². The highest BCUT2D eigenvalue weighted by Gasteiger charge is 2.03. The molecule has 0 aliphatic heterocycles. The number of hydrogen-bond donors (Lipinski definition) is 0. The van der Waals surface area contributed by atoms with Crippen molar-refractivity contribution < 1.29 is 9.47 Å². The number of methoxy groups -OCH3 is 2. The van der Waals surface area contributed by atoms with Gasteiger partial charge in [-0.3, -0.25) is 0 Å². The van der Waals surface area contributed by atoms with E-state index >= 15 is 0 Å². The molecule has 0 spiro atoms. The monoisotopic (exact) mass is 366 g/mol. The second kappa shape index (κ2) is 8.01. The van der Waals surface area contributed by atoms with E-state index in [9.17, 15) is 0 Å². The van der Waals surface area contributed by atoms with Crippen molar-refractivity contribution in [3.8, 4) is 44.9 Å². The fourth-order valence-corrected chi connectivity index (χ4v) is 3.28. The second-order valence-corrected chi connectivity index (χ2v) is 6.61. The van der Waals surface area contributed by atoms with Crippen LogP contribution in [0.25, 0.3) is 33.4 Å². The van der Waals surface area contributed by atoms with Gasteiger partial charge in [-0.1, -0.05) is 72.8 Å². The first-order valence-electron chi connectivity index (χ1n) is 9.26. The molecule has 0 N–H and O–H groups in total. The van der Waals surface area contributed by atoms with E-state index in [-0.39, 0.29) is 0 Å². The van der Waals surface area contributed by atoms with E-state index in [1.807, 2.05) is 24.3 Å². The zero-order valence-electron chi connectivity index (χ0n) is 16.1. The van der Waals surface area contributed by atoms with Crippen LogP contribution in [-0.4, -0.2) is 14.2 Å². The first kappa shape index (κ1) is 17.9. The zero-order valence-corrected chi connectivity index (χ0v) is 16.1. The van der Waals surface area contributed by atoms with Crippen molar-refractivity contribution in [2.24, 2.45) is 0 Å². The van der Waals surface area contributed by atoms with Crippen LogP contribution in [0.4, 0.5) is 0 Å². The lowest BCUT2D eigenvalue weighted by Gasteiger charge is -2.08. The van der Waals surface area contributed by atoms with E-state index in [0.717, 1.165) is 11.5 Å². The fourth-order valence-electron chi connectivity index (χ4n) is 3.28. The van der Waals surface area contributed by atoms with Crippen LogP contribution in [0.1, 0.15) is 0 Å². The molecule has 4 aromatic rings. The molecule has 2 nitrogen and oxygen atoms in total. The van der Waals surface area contributed by atoms with Gasteiger partial charge < -0.3 is 9.47 Å².